The highest BCUT2D eigenvalue weighted by molar-refractivity contribution is 5.96. The van der Waals surface area contributed by atoms with Gasteiger partial charge in [-0.1, -0.05) is 66.7 Å². The van der Waals surface area contributed by atoms with Crippen LogP contribution in [0.15, 0.2) is 91.0 Å². The van der Waals surface area contributed by atoms with Crippen molar-refractivity contribution in [3.05, 3.63) is 114 Å². The van der Waals surface area contributed by atoms with Crippen LogP contribution in [0.25, 0.3) is 38.7 Å². The summed E-state index contributed by atoms with van der Waals surface area (Å²) in [5, 5.41) is 1.09. The van der Waals surface area contributed by atoms with Gasteiger partial charge in [0.2, 0.25) is 0 Å². The van der Waals surface area contributed by atoms with Crippen LogP contribution >= 0.6 is 0 Å². The number of hydrogen-bond donors (Lipinski definition) is 0. The molecule has 3 heteroatoms. The SMILES string of the molecule is c1ccc2c(c1)Cc1cccc(Cc3nc4ccccc4c4nc5ccccc5n34)c1-2. The third-order valence-electron chi connectivity index (χ3n) is 6.47. The molecule has 2 aromatic heterocycles. The lowest BCUT2D eigenvalue weighted by Crippen LogP contribution is -2.04. The molecule has 6 aromatic rings. The summed E-state index contributed by atoms with van der Waals surface area (Å²) in [4.78, 5) is 10.1. The van der Waals surface area contributed by atoms with E-state index in [0.717, 1.165) is 46.2 Å². The number of rotatable bonds is 2. The minimum atomic E-state index is 0.763. The van der Waals surface area contributed by atoms with Crippen LogP contribution in [0.4, 0.5) is 0 Å². The Labute approximate surface area is 179 Å². The van der Waals surface area contributed by atoms with Crippen molar-refractivity contribution in [1.29, 1.82) is 0 Å². The molecular weight excluding hydrogens is 378 g/mol. The van der Waals surface area contributed by atoms with Gasteiger partial charge in [0.25, 0.3) is 0 Å². The molecule has 0 aliphatic heterocycles. The predicted molar refractivity (Wildman–Crippen MR) is 125 cm³/mol. The molecule has 0 unspecified atom stereocenters. The molecule has 1 aliphatic rings. The molecule has 0 radical (unpaired) electrons. The Kier molecular flexibility index (Phi) is 3.39. The Bertz CT molecular complexity index is 1640. The van der Waals surface area contributed by atoms with Crippen molar-refractivity contribution in [3.8, 4) is 11.1 Å². The number of nitrogens with zero attached hydrogens (tertiary/aromatic N) is 3. The van der Waals surface area contributed by atoms with Crippen molar-refractivity contribution in [2.75, 3.05) is 0 Å². The van der Waals surface area contributed by atoms with Gasteiger partial charge >= 0.3 is 0 Å². The van der Waals surface area contributed by atoms with Gasteiger partial charge in [-0.2, -0.15) is 0 Å². The molecule has 0 saturated carbocycles. The van der Waals surface area contributed by atoms with Crippen LogP contribution in [0.2, 0.25) is 0 Å². The molecular formula is C28H19N3. The molecule has 3 nitrogen and oxygen atoms in total. The van der Waals surface area contributed by atoms with Crippen LogP contribution < -0.4 is 0 Å². The Morgan fingerprint density at radius 1 is 0.677 bits per heavy atom. The molecule has 0 N–H and O–H groups in total. The van der Waals surface area contributed by atoms with Crippen molar-refractivity contribution >= 4 is 27.6 Å². The Hall–Kier alpha value is -3.98. The Morgan fingerprint density at radius 2 is 1.45 bits per heavy atom. The zero-order valence-electron chi connectivity index (χ0n) is 16.9. The van der Waals surface area contributed by atoms with Crippen molar-refractivity contribution < 1.29 is 0 Å². The zero-order chi connectivity index (χ0) is 20.4. The minimum absolute atomic E-state index is 0.763. The maximum absolute atomic E-state index is 5.13. The molecule has 4 aromatic carbocycles. The number of para-hydroxylation sites is 3. The first-order chi connectivity index (χ1) is 15.4. The summed E-state index contributed by atoms with van der Waals surface area (Å²) in [5.41, 5.74) is 11.0. The third-order valence-corrected chi connectivity index (χ3v) is 6.47. The van der Waals surface area contributed by atoms with Crippen molar-refractivity contribution in [1.82, 2.24) is 14.4 Å². The highest BCUT2D eigenvalue weighted by atomic mass is 15.1. The summed E-state index contributed by atoms with van der Waals surface area (Å²) in [6, 6.07) is 32.1. The van der Waals surface area contributed by atoms with Gasteiger partial charge in [-0.3, -0.25) is 4.40 Å². The van der Waals surface area contributed by atoms with E-state index in [2.05, 4.69) is 89.3 Å². The molecule has 2 heterocycles. The van der Waals surface area contributed by atoms with E-state index in [-0.39, 0.29) is 0 Å². The molecule has 146 valence electrons. The lowest BCUT2D eigenvalue weighted by Gasteiger charge is -2.12. The number of imidazole rings is 1. The molecule has 31 heavy (non-hydrogen) atoms. The molecule has 0 amide bonds. The normalized spacial score (nSPS) is 12.5. The largest absolute Gasteiger partial charge is 0.279 e. The van der Waals surface area contributed by atoms with Gasteiger partial charge in [0.15, 0.2) is 0 Å². The van der Waals surface area contributed by atoms with Gasteiger partial charge in [0, 0.05) is 11.8 Å². The Balaban J connectivity index is 1.51. The van der Waals surface area contributed by atoms with Gasteiger partial charge in [-0.05, 0) is 58.5 Å². The van der Waals surface area contributed by atoms with Crippen molar-refractivity contribution in [3.63, 3.8) is 0 Å². The van der Waals surface area contributed by atoms with E-state index in [9.17, 15) is 0 Å². The van der Waals surface area contributed by atoms with Gasteiger partial charge in [-0.25, -0.2) is 9.97 Å². The van der Waals surface area contributed by atoms with E-state index in [0.29, 0.717) is 0 Å². The number of benzene rings is 4. The molecule has 0 bridgehead atoms. The van der Waals surface area contributed by atoms with E-state index in [4.69, 9.17) is 9.97 Å². The van der Waals surface area contributed by atoms with Crippen LogP contribution in [0.3, 0.4) is 0 Å². The quantitative estimate of drug-likeness (QED) is 0.348. The molecule has 0 atom stereocenters. The second-order valence-electron chi connectivity index (χ2n) is 8.27. The van der Waals surface area contributed by atoms with E-state index in [1.807, 2.05) is 6.07 Å². The predicted octanol–water partition coefficient (Wildman–Crippen LogP) is 6.20. The van der Waals surface area contributed by atoms with E-state index in [1.54, 1.807) is 0 Å². The standard InChI is InChI=1S/C28H19N3/c1-2-11-21-18(8-1)16-19-9-7-10-20(27(19)21)17-26-29-23-13-4-3-12-22(23)28-30-24-14-5-6-15-25(24)31(26)28/h1-15H,16-17H2. The van der Waals surface area contributed by atoms with Crippen LogP contribution in [0, 0.1) is 0 Å². The molecule has 0 spiro atoms. The van der Waals surface area contributed by atoms with Crippen LogP contribution in [-0.4, -0.2) is 14.4 Å². The maximum Gasteiger partial charge on any atom is 0.148 e. The second-order valence-corrected chi connectivity index (χ2v) is 8.27. The van der Waals surface area contributed by atoms with Crippen molar-refractivity contribution in [2.45, 2.75) is 12.8 Å². The summed E-state index contributed by atoms with van der Waals surface area (Å²) in [6.07, 6.45) is 1.77. The monoisotopic (exact) mass is 397 g/mol. The van der Waals surface area contributed by atoms with Gasteiger partial charge < -0.3 is 0 Å². The zero-order valence-corrected chi connectivity index (χ0v) is 16.9. The molecule has 1 aliphatic carbocycles. The first kappa shape index (κ1) is 16.8. The number of fused-ring (bicyclic) bond motifs is 8. The molecule has 7 rings (SSSR count). The van der Waals surface area contributed by atoms with Gasteiger partial charge in [0.1, 0.15) is 11.5 Å². The second kappa shape index (κ2) is 6.26. The summed E-state index contributed by atoms with van der Waals surface area (Å²) >= 11 is 0. The topological polar surface area (TPSA) is 30.2 Å². The number of hydrogen-bond acceptors (Lipinski definition) is 2. The highest BCUT2D eigenvalue weighted by Gasteiger charge is 2.22. The van der Waals surface area contributed by atoms with Crippen LogP contribution in [0.5, 0.6) is 0 Å². The first-order valence-corrected chi connectivity index (χ1v) is 10.7. The van der Waals surface area contributed by atoms with E-state index in [1.165, 1.54) is 27.8 Å². The molecule has 0 saturated heterocycles. The fourth-order valence-corrected chi connectivity index (χ4v) is 5.12. The highest BCUT2D eigenvalue weighted by Crippen LogP contribution is 2.39. The lowest BCUT2D eigenvalue weighted by molar-refractivity contribution is 0.958. The third kappa shape index (κ3) is 2.40. The first-order valence-electron chi connectivity index (χ1n) is 10.7. The molecule has 0 fully saturated rings. The van der Waals surface area contributed by atoms with Crippen LogP contribution in [-0.2, 0) is 12.8 Å². The fourth-order valence-electron chi connectivity index (χ4n) is 5.12. The van der Waals surface area contributed by atoms with E-state index < -0.39 is 0 Å². The summed E-state index contributed by atoms with van der Waals surface area (Å²) in [7, 11) is 0. The average Bonchev–Trinajstić information content (AvgIpc) is 3.39. The van der Waals surface area contributed by atoms with E-state index >= 15 is 0 Å². The average molecular weight is 397 g/mol. The van der Waals surface area contributed by atoms with Crippen LogP contribution in [0.1, 0.15) is 22.5 Å². The summed E-state index contributed by atoms with van der Waals surface area (Å²) in [5.74, 6) is 1.03. The fraction of sp³-hybridized carbons (Fsp3) is 0.0714. The van der Waals surface area contributed by atoms with Crippen molar-refractivity contribution in [2.24, 2.45) is 0 Å². The van der Waals surface area contributed by atoms with Gasteiger partial charge in [-0.15, -0.1) is 0 Å². The number of aromatic nitrogens is 3. The maximum atomic E-state index is 5.13. The summed E-state index contributed by atoms with van der Waals surface area (Å²) in [6.45, 7) is 0. The van der Waals surface area contributed by atoms with Gasteiger partial charge in [0.05, 0.1) is 16.6 Å². The smallest absolute Gasteiger partial charge is 0.148 e. The lowest BCUT2D eigenvalue weighted by atomic mass is 9.97. The minimum Gasteiger partial charge on any atom is -0.279 e. The Morgan fingerprint density at radius 3 is 2.42 bits per heavy atom. The summed E-state index contributed by atoms with van der Waals surface area (Å²) < 4.78 is 2.25.